The first-order valence-electron chi connectivity index (χ1n) is 7.11. The van der Waals surface area contributed by atoms with Gasteiger partial charge in [-0.1, -0.05) is 42.5 Å². The minimum absolute atomic E-state index is 0.354. The van der Waals surface area contributed by atoms with Gasteiger partial charge in [0.25, 0.3) is 10.0 Å². The monoisotopic (exact) mass is 315 g/mol. The summed E-state index contributed by atoms with van der Waals surface area (Å²) in [5.74, 6) is 0. The fourth-order valence-electron chi connectivity index (χ4n) is 2.26. The number of hydrogen-bond donors (Lipinski definition) is 0. The molecule has 0 heterocycles. The van der Waals surface area contributed by atoms with Crippen molar-refractivity contribution in [2.24, 2.45) is 0 Å². The van der Waals surface area contributed by atoms with Gasteiger partial charge >= 0.3 is 0 Å². The third-order valence-corrected chi connectivity index (χ3v) is 5.46. The van der Waals surface area contributed by atoms with E-state index in [0.29, 0.717) is 4.90 Å². The second kappa shape index (κ2) is 6.36. The van der Waals surface area contributed by atoms with E-state index >= 15 is 0 Å². The zero-order valence-corrected chi connectivity index (χ0v) is 14.2. The predicted molar refractivity (Wildman–Crippen MR) is 91.0 cm³/mol. The van der Waals surface area contributed by atoms with Crippen LogP contribution in [0, 0.1) is 13.8 Å². The van der Waals surface area contributed by atoms with Crippen molar-refractivity contribution in [2.45, 2.75) is 25.7 Å². The summed E-state index contributed by atoms with van der Waals surface area (Å²) in [7, 11) is -1.97. The molecular formula is C18H21NO2S. The van der Waals surface area contributed by atoms with Crippen molar-refractivity contribution in [1.29, 1.82) is 0 Å². The normalized spacial score (nSPS) is 12.3. The van der Waals surface area contributed by atoms with Crippen LogP contribution in [0.25, 0.3) is 5.57 Å². The van der Waals surface area contributed by atoms with Crippen molar-refractivity contribution in [1.82, 2.24) is 4.31 Å². The Kier molecular flexibility index (Phi) is 4.71. The lowest BCUT2D eigenvalue weighted by atomic mass is 10.1. The van der Waals surface area contributed by atoms with E-state index in [1.165, 1.54) is 4.31 Å². The number of sulfonamides is 1. The molecule has 0 spiro atoms. The van der Waals surface area contributed by atoms with Crippen molar-refractivity contribution >= 4 is 15.6 Å². The molecule has 4 heteroatoms. The molecule has 0 aliphatic rings. The molecule has 116 valence electrons. The highest BCUT2D eigenvalue weighted by Crippen LogP contribution is 2.22. The number of hydrogen-bond acceptors (Lipinski definition) is 2. The Labute approximate surface area is 133 Å². The van der Waals surface area contributed by atoms with Gasteiger partial charge in [0.05, 0.1) is 4.90 Å². The topological polar surface area (TPSA) is 37.4 Å². The van der Waals surface area contributed by atoms with Gasteiger partial charge in [-0.15, -0.1) is 0 Å². The fourth-order valence-corrected chi connectivity index (χ4v) is 3.67. The number of allylic oxidation sites excluding steroid dienone is 1. The standard InChI is InChI=1S/C18H21NO2S/c1-14-10-11-15(2)18(12-14)22(20,21)19(4)13-16(3)17-8-6-5-7-9-17/h5-13H,1-4H3. The zero-order chi connectivity index (χ0) is 16.3. The van der Waals surface area contributed by atoms with Crippen molar-refractivity contribution in [3.8, 4) is 0 Å². The second-order valence-electron chi connectivity index (χ2n) is 5.47. The summed E-state index contributed by atoms with van der Waals surface area (Å²) < 4.78 is 26.8. The summed E-state index contributed by atoms with van der Waals surface area (Å²) in [6, 6.07) is 15.2. The summed E-state index contributed by atoms with van der Waals surface area (Å²) in [6.45, 7) is 5.61. The van der Waals surface area contributed by atoms with Crippen molar-refractivity contribution in [3.05, 3.63) is 71.4 Å². The Morgan fingerprint density at radius 3 is 2.32 bits per heavy atom. The van der Waals surface area contributed by atoms with Crippen molar-refractivity contribution < 1.29 is 8.42 Å². The van der Waals surface area contributed by atoms with Gasteiger partial charge in [-0.25, -0.2) is 8.42 Å². The highest BCUT2D eigenvalue weighted by molar-refractivity contribution is 7.89. The Hall–Kier alpha value is -2.07. The Balaban J connectivity index is 2.39. The smallest absolute Gasteiger partial charge is 0.263 e. The van der Waals surface area contributed by atoms with E-state index in [0.717, 1.165) is 22.3 Å². The Morgan fingerprint density at radius 1 is 1.05 bits per heavy atom. The molecule has 0 N–H and O–H groups in total. The summed E-state index contributed by atoms with van der Waals surface area (Å²) >= 11 is 0. The number of nitrogens with zero attached hydrogens (tertiary/aromatic N) is 1. The lowest BCUT2D eigenvalue weighted by molar-refractivity contribution is 0.538. The Morgan fingerprint density at radius 2 is 1.68 bits per heavy atom. The zero-order valence-electron chi connectivity index (χ0n) is 13.4. The van der Waals surface area contributed by atoms with E-state index in [9.17, 15) is 8.42 Å². The second-order valence-corrected chi connectivity index (χ2v) is 7.43. The first kappa shape index (κ1) is 16.3. The van der Waals surface area contributed by atoms with Crippen molar-refractivity contribution in [3.63, 3.8) is 0 Å². The van der Waals surface area contributed by atoms with Crippen LogP contribution in [0.15, 0.2) is 59.6 Å². The minimum Gasteiger partial charge on any atom is -0.276 e. The molecular weight excluding hydrogens is 294 g/mol. The van der Waals surface area contributed by atoms with Gasteiger partial charge in [-0.2, -0.15) is 0 Å². The van der Waals surface area contributed by atoms with Crippen LogP contribution in [-0.2, 0) is 10.0 Å². The van der Waals surface area contributed by atoms with Gasteiger partial charge in [0.1, 0.15) is 0 Å². The Bertz CT molecular complexity index is 793. The van der Waals surface area contributed by atoms with E-state index in [1.807, 2.05) is 63.2 Å². The molecule has 22 heavy (non-hydrogen) atoms. The molecule has 0 amide bonds. The maximum absolute atomic E-state index is 12.8. The molecule has 0 aliphatic heterocycles. The van der Waals surface area contributed by atoms with Crippen LogP contribution in [-0.4, -0.2) is 19.8 Å². The summed E-state index contributed by atoms with van der Waals surface area (Å²) in [5, 5.41) is 0. The van der Waals surface area contributed by atoms with E-state index in [2.05, 4.69) is 0 Å². The van der Waals surface area contributed by atoms with E-state index in [-0.39, 0.29) is 0 Å². The molecule has 0 fully saturated rings. The van der Waals surface area contributed by atoms with Gasteiger partial charge in [-0.05, 0) is 49.1 Å². The summed E-state index contributed by atoms with van der Waals surface area (Å²) in [6.07, 6.45) is 1.66. The van der Waals surface area contributed by atoms with Crippen LogP contribution in [0.2, 0.25) is 0 Å². The van der Waals surface area contributed by atoms with E-state index in [1.54, 1.807) is 19.3 Å². The van der Waals surface area contributed by atoms with Gasteiger partial charge in [-0.3, -0.25) is 4.31 Å². The lowest BCUT2D eigenvalue weighted by Gasteiger charge is -2.18. The molecule has 0 aliphatic carbocycles. The first-order valence-corrected chi connectivity index (χ1v) is 8.55. The molecule has 2 aromatic carbocycles. The molecule has 2 rings (SSSR count). The van der Waals surface area contributed by atoms with Gasteiger partial charge in [0.15, 0.2) is 0 Å². The van der Waals surface area contributed by atoms with Gasteiger partial charge in [0, 0.05) is 13.2 Å². The summed E-state index contributed by atoms with van der Waals surface area (Å²) in [4.78, 5) is 0.354. The molecule has 0 saturated heterocycles. The summed E-state index contributed by atoms with van der Waals surface area (Å²) in [5.41, 5.74) is 3.59. The maximum atomic E-state index is 12.8. The predicted octanol–water partition coefficient (Wildman–Crippen LogP) is 3.98. The number of aryl methyl sites for hydroxylation is 2. The molecule has 2 aromatic rings. The van der Waals surface area contributed by atoms with Gasteiger partial charge < -0.3 is 0 Å². The number of benzene rings is 2. The molecule has 3 nitrogen and oxygen atoms in total. The average molecular weight is 315 g/mol. The minimum atomic E-state index is -3.54. The third kappa shape index (κ3) is 3.39. The molecule has 0 saturated carbocycles. The van der Waals surface area contributed by atoms with Crippen LogP contribution >= 0.6 is 0 Å². The van der Waals surface area contributed by atoms with Crippen LogP contribution in [0.3, 0.4) is 0 Å². The van der Waals surface area contributed by atoms with Crippen LogP contribution < -0.4 is 0 Å². The molecule has 0 unspecified atom stereocenters. The molecule has 0 aromatic heterocycles. The van der Waals surface area contributed by atoms with Crippen LogP contribution in [0.1, 0.15) is 23.6 Å². The molecule has 0 radical (unpaired) electrons. The quantitative estimate of drug-likeness (QED) is 0.855. The van der Waals surface area contributed by atoms with E-state index < -0.39 is 10.0 Å². The largest absolute Gasteiger partial charge is 0.276 e. The lowest BCUT2D eigenvalue weighted by Crippen LogP contribution is -2.22. The van der Waals surface area contributed by atoms with E-state index in [4.69, 9.17) is 0 Å². The fraction of sp³-hybridized carbons (Fsp3) is 0.222. The average Bonchev–Trinajstić information content (AvgIpc) is 2.50. The SMILES string of the molecule is CC(=CN(C)S(=O)(=O)c1cc(C)ccc1C)c1ccccc1. The molecule has 0 atom stereocenters. The number of rotatable bonds is 4. The highest BCUT2D eigenvalue weighted by Gasteiger charge is 2.21. The third-order valence-electron chi connectivity index (χ3n) is 3.61. The van der Waals surface area contributed by atoms with Crippen LogP contribution in [0.4, 0.5) is 0 Å². The van der Waals surface area contributed by atoms with Crippen molar-refractivity contribution in [2.75, 3.05) is 7.05 Å². The molecule has 0 bridgehead atoms. The highest BCUT2D eigenvalue weighted by atomic mass is 32.2. The first-order chi connectivity index (χ1) is 10.3. The maximum Gasteiger partial charge on any atom is 0.263 e. The van der Waals surface area contributed by atoms with Gasteiger partial charge in [0.2, 0.25) is 0 Å². The van der Waals surface area contributed by atoms with Crippen LogP contribution in [0.5, 0.6) is 0 Å².